The average molecular weight is 392 g/mol. The Morgan fingerprint density at radius 3 is 2.66 bits per heavy atom. The zero-order chi connectivity index (χ0) is 20.6. The maximum Gasteiger partial charge on any atom is 0.261 e. The van der Waals surface area contributed by atoms with Crippen molar-refractivity contribution in [3.8, 4) is 11.8 Å². The van der Waals surface area contributed by atoms with Gasteiger partial charge in [0.15, 0.2) is 6.10 Å². The number of hydrogen-bond donors (Lipinski definition) is 1. The standard InChI is InChI=1S/C24H29N3O2/c1-18-6-5-13-27(16-18)17-22-8-4-3-7-21(22)15-26-24(28)19(2)29-23-11-9-20(14-25)10-12-23/h3-4,7-12,18-19H,5-6,13,15-17H2,1-2H3,(H,26,28)/t18-,19+/m0/s1. The third-order valence-corrected chi connectivity index (χ3v) is 5.37. The Bertz CT molecular complexity index is 857. The minimum absolute atomic E-state index is 0.157. The van der Waals surface area contributed by atoms with Gasteiger partial charge in [0.25, 0.3) is 5.91 Å². The number of carbonyl (C=O) groups is 1. The van der Waals surface area contributed by atoms with Crippen LogP contribution in [0.1, 0.15) is 43.4 Å². The molecular formula is C24H29N3O2. The molecule has 0 aliphatic carbocycles. The number of piperidine rings is 1. The maximum atomic E-state index is 12.5. The second kappa shape index (κ2) is 10.1. The number of nitrogens with one attached hydrogen (secondary N) is 1. The highest BCUT2D eigenvalue weighted by atomic mass is 16.5. The molecule has 0 radical (unpaired) electrons. The number of amides is 1. The third-order valence-electron chi connectivity index (χ3n) is 5.37. The Morgan fingerprint density at radius 2 is 1.97 bits per heavy atom. The summed E-state index contributed by atoms with van der Waals surface area (Å²) in [5.41, 5.74) is 2.97. The van der Waals surface area contributed by atoms with Crippen LogP contribution in [0.4, 0.5) is 0 Å². The van der Waals surface area contributed by atoms with E-state index in [1.54, 1.807) is 31.2 Å². The van der Waals surface area contributed by atoms with E-state index in [9.17, 15) is 4.79 Å². The molecule has 5 nitrogen and oxygen atoms in total. The zero-order valence-corrected chi connectivity index (χ0v) is 17.2. The van der Waals surface area contributed by atoms with Crippen molar-refractivity contribution in [1.29, 1.82) is 5.26 Å². The van der Waals surface area contributed by atoms with Crippen LogP contribution in [0.15, 0.2) is 48.5 Å². The van der Waals surface area contributed by atoms with Gasteiger partial charge in [-0.3, -0.25) is 9.69 Å². The Morgan fingerprint density at radius 1 is 1.24 bits per heavy atom. The first-order valence-electron chi connectivity index (χ1n) is 10.3. The van der Waals surface area contributed by atoms with Gasteiger partial charge >= 0.3 is 0 Å². The number of benzene rings is 2. The summed E-state index contributed by atoms with van der Waals surface area (Å²) in [7, 11) is 0. The molecular weight excluding hydrogens is 362 g/mol. The molecule has 5 heteroatoms. The molecule has 0 saturated carbocycles. The lowest BCUT2D eigenvalue weighted by molar-refractivity contribution is -0.127. The summed E-state index contributed by atoms with van der Waals surface area (Å²) >= 11 is 0. The van der Waals surface area contributed by atoms with E-state index < -0.39 is 6.10 Å². The summed E-state index contributed by atoms with van der Waals surface area (Å²) in [5.74, 6) is 1.16. The first kappa shape index (κ1) is 20.9. The summed E-state index contributed by atoms with van der Waals surface area (Å²) in [6.45, 7) is 7.73. The molecule has 2 atom stereocenters. The Balaban J connectivity index is 1.54. The molecule has 1 saturated heterocycles. The van der Waals surface area contributed by atoms with Crippen molar-refractivity contribution in [2.24, 2.45) is 5.92 Å². The van der Waals surface area contributed by atoms with Gasteiger partial charge in [0, 0.05) is 19.6 Å². The molecule has 0 unspecified atom stereocenters. The molecule has 152 valence electrons. The molecule has 1 fully saturated rings. The van der Waals surface area contributed by atoms with Crippen molar-refractivity contribution in [1.82, 2.24) is 10.2 Å². The molecule has 29 heavy (non-hydrogen) atoms. The van der Waals surface area contributed by atoms with Crippen LogP contribution in [-0.2, 0) is 17.9 Å². The lowest BCUT2D eigenvalue weighted by Gasteiger charge is -2.31. The van der Waals surface area contributed by atoms with Crippen LogP contribution in [0.2, 0.25) is 0 Å². The number of likely N-dealkylation sites (tertiary alicyclic amines) is 1. The van der Waals surface area contributed by atoms with Crippen molar-refractivity contribution in [3.63, 3.8) is 0 Å². The van der Waals surface area contributed by atoms with Gasteiger partial charge in [0.05, 0.1) is 11.6 Å². The van der Waals surface area contributed by atoms with Gasteiger partial charge in [-0.2, -0.15) is 5.26 Å². The van der Waals surface area contributed by atoms with Crippen molar-refractivity contribution in [2.45, 2.75) is 45.9 Å². The van der Waals surface area contributed by atoms with Crippen LogP contribution in [0, 0.1) is 17.2 Å². The molecule has 0 bridgehead atoms. The van der Waals surface area contributed by atoms with Gasteiger partial charge in [-0.15, -0.1) is 0 Å². The predicted molar refractivity (Wildman–Crippen MR) is 113 cm³/mol. The number of carbonyl (C=O) groups excluding carboxylic acids is 1. The second-order valence-corrected chi connectivity index (χ2v) is 7.87. The normalized spacial score (nSPS) is 17.9. The van der Waals surface area contributed by atoms with Crippen molar-refractivity contribution < 1.29 is 9.53 Å². The molecule has 0 aromatic heterocycles. The van der Waals surface area contributed by atoms with Crippen LogP contribution < -0.4 is 10.1 Å². The first-order chi connectivity index (χ1) is 14.0. The lowest BCUT2D eigenvalue weighted by Crippen LogP contribution is -2.36. The van der Waals surface area contributed by atoms with Crippen molar-refractivity contribution >= 4 is 5.91 Å². The minimum atomic E-state index is -0.613. The van der Waals surface area contributed by atoms with E-state index >= 15 is 0 Å². The number of nitrogens with zero attached hydrogens (tertiary/aromatic N) is 2. The minimum Gasteiger partial charge on any atom is -0.481 e. The smallest absolute Gasteiger partial charge is 0.261 e. The van der Waals surface area contributed by atoms with Gasteiger partial charge in [0.1, 0.15) is 5.75 Å². The van der Waals surface area contributed by atoms with Crippen LogP contribution >= 0.6 is 0 Å². The largest absolute Gasteiger partial charge is 0.481 e. The van der Waals surface area contributed by atoms with Crippen LogP contribution in [-0.4, -0.2) is 30.0 Å². The summed E-state index contributed by atoms with van der Waals surface area (Å²) in [6.07, 6.45) is 1.95. The van der Waals surface area contributed by atoms with E-state index in [4.69, 9.17) is 10.00 Å². The van der Waals surface area contributed by atoms with Gasteiger partial charge < -0.3 is 10.1 Å². The fourth-order valence-corrected chi connectivity index (χ4v) is 3.75. The van der Waals surface area contributed by atoms with E-state index in [0.717, 1.165) is 31.1 Å². The van der Waals surface area contributed by atoms with Gasteiger partial charge in [-0.1, -0.05) is 31.2 Å². The molecule has 2 aromatic rings. The molecule has 1 amide bonds. The summed E-state index contributed by atoms with van der Waals surface area (Å²) in [4.78, 5) is 15.0. The van der Waals surface area contributed by atoms with E-state index in [1.165, 1.54) is 18.4 Å². The Labute approximate surface area is 173 Å². The topological polar surface area (TPSA) is 65.4 Å². The van der Waals surface area contributed by atoms with Crippen molar-refractivity contribution in [2.75, 3.05) is 13.1 Å². The number of nitriles is 1. The average Bonchev–Trinajstić information content (AvgIpc) is 2.73. The predicted octanol–water partition coefficient (Wildman–Crippen LogP) is 3.87. The van der Waals surface area contributed by atoms with Crippen LogP contribution in [0.25, 0.3) is 0 Å². The number of rotatable bonds is 7. The highest BCUT2D eigenvalue weighted by molar-refractivity contribution is 5.80. The first-order valence-corrected chi connectivity index (χ1v) is 10.3. The second-order valence-electron chi connectivity index (χ2n) is 7.87. The van der Waals surface area contributed by atoms with Gasteiger partial charge in [-0.05, 0) is 67.6 Å². The van der Waals surface area contributed by atoms with Crippen molar-refractivity contribution in [3.05, 3.63) is 65.2 Å². The molecule has 0 spiro atoms. The summed E-state index contributed by atoms with van der Waals surface area (Å²) in [5, 5.41) is 11.9. The summed E-state index contributed by atoms with van der Waals surface area (Å²) in [6, 6.07) is 17.1. The lowest BCUT2D eigenvalue weighted by atomic mass is 9.99. The molecule has 1 aliphatic heterocycles. The maximum absolute atomic E-state index is 12.5. The fourth-order valence-electron chi connectivity index (χ4n) is 3.75. The molecule has 3 rings (SSSR count). The zero-order valence-electron chi connectivity index (χ0n) is 17.2. The monoisotopic (exact) mass is 391 g/mol. The quantitative estimate of drug-likeness (QED) is 0.778. The molecule has 2 aromatic carbocycles. The molecule has 1 heterocycles. The van der Waals surface area contributed by atoms with E-state index in [1.807, 2.05) is 6.07 Å². The highest BCUT2D eigenvalue weighted by Gasteiger charge is 2.18. The summed E-state index contributed by atoms with van der Waals surface area (Å²) < 4.78 is 5.70. The number of ether oxygens (including phenoxy) is 1. The Kier molecular flexibility index (Phi) is 7.26. The van der Waals surface area contributed by atoms with E-state index in [0.29, 0.717) is 17.9 Å². The van der Waals surface area contributed by atoms with Gasteiger partial charge in [0.2, 0.25) is 0 Å². The molecule has 1 aliphatic rings. The van der Waals surface area contributed by atoms with E-state index in [2.05, 4.69) is 41.4 Å². The number of hydrogen-bond acceptors (Lipinski definition) is 4. The molecule has 1 N–H and O–H groups in total. The van der Waals surface area contributed by atoms with Crippen LogP contribution in [0.5, 0.6) is 5.75 Å². The fraction of sp³-hybridized carbons (Fsp3) is 0.417. The SMILES string of the molecule is C[C@H]1CCCN(Cc2ccccc2CNC(=O)[C@@H](C)Oc2ccc(C#N)cc2)C1. The Hall–Kier alpha value is -2.84. The highest BCUT2D eigenvalue weighted by Crippen LogP contribution is 2.20. The van der Waals surface area contributed by atoms with Gasteiger partial charge in [-0.25, -0.2) is 0 Å². The van der Waals surface area contributed by atoms with E-state index in [-0.39, 0.29) is 5.91 Å². The van der Waals surface area contributed by atoms with Crippen LogP contribution in [0.3, 0.4) is 0 Å². The third kappa shape index (κ3) is 6.07.